The highest BCUT2D eigenvalue weighted by molar-refractivity contribution is 6.00. The first kappa shape index (κ1) is 14.7. The van der Waals surface area contributed by atoms with Gasteiger partial charge in [-0.15, -0.1) is 0 Å². The average Bonchev–Trinajstić information content (AvgIpc) is 2.42. The van der Waals surface area contributed by atoms with Crippen LogP contribution in [0.15, 0.2) is 24.3 Å². The first-order chi connectivity index (χ1) is 8.70. The molecule has 1 rings (SSSR count). The van der Waals surface area contributed by atoms with Crippen molar-refractivity contribution < 1.29 is 9.53 Å². The molecule has 1 aromatic rings. The molecule has 0 saturated carbocycles. The van der Waals surface area contributed by atoms with Crippen molar-refractivity contribution in [3.63, 3.8) is 0 Å². The van der Waals surface area contributed by atoms with Gasteiger partial charge in [0.05, 0.1) is 12.2 Å². The summed E-state index contributed by atoms with van der Waals surface area (Å²) in [6.07, 6.45) is 2.65. The van der Waals surface area contributed by atoms with Gasteiger partial charge in [0.1, 0.15) is 5.75 Å². The lowest BCUT2D eigenvalue weighted by Crippen LogP contribution is -2.14. The monoisotopic (exact) mass is 249 g/mol. The second-order valence-corrected chi connectivity index (χ2v) is 4.54. The van der Waals surface area contributed by atoms with Crippen LogP contribution in [0.25, 0.3) is 0 Å². The fourth-order valence-electron chi connectivity index (χ4n) is 1.83. The smallest absolute Gasteiger partial charge is 0.169 e. The zero-order valence-electron chi connectivity index (χ0n) is 11.3. The summed E-state index contributed by atoms with van der Waals surface area (Å²) < 4.78 is 5.62. The van der Waals surface area contributed by atoms with E-state index < -0.39 is 0 Å². The summed E-state index contributed by atoms with van der Waals surface area (Å²) in [5, 5.41) is 0. The zero-order valence-corrected chi connectivity index (χ0v) is 11.3. The van der Waals surface area contributed by atoms with Crippen LogP contribution in [-0.4, -0.2) is 18.9 Å². The summed E-state index contributed by atoms with van der Waals surface area (Å²) in [6, 6.07) is 7.47. The Bertz CT molecular complexity index is 377. The number of carbonyl (C=O) groups excluding carboxylic acids is 1. The largest absolute Gasteiger partial charge is 0.493 e. The Morgan fingerprint density at radius 3 is 2.78 bits per heavy atom. The summed E-state index contributed by atoms with van der Waals surface area (Å²) in [4.78, 5) is 12.3. The number of nitrogens with two attached hydrogens (primary N) is 1. The summed E-state index contributed by atoms with van der Waals surface area (Å²) >= 11 is 0. The maximum Gasteiger partial charge on any atom is 0.169 e. The third-order valence-corrected chi connectivity index (χ3v) is 2.90. The van der Waals surface area contributed by atoms with E-state index in [2.05, 4.69) is 0 Å². The highest BCUT2D eigenvalue weighted by atomic mass is 16.5. The van der Waals surface area contributed by atoms with Crippen molar-refractivity contribution in [3.05, 3.63) is 29.8 Å². The Kier molecular flexibility index (Phi) is 6.44. The van der Waals surface area contributed by atoms with Crippen LogP contribution in [0.4, 0.5) is 0 Å². The molecule has 0 saturated heterocycles. The number of carbonyl (C=O) groups is 1. The predicted molar refractivity (Wildman–Crippen MR) is 74.0 cm³/mol. The fraction of sp³-hybridized carbons (Fsp3) is 0.533. The Hall–Kier alpha value is -1.35. The molecular weight excluding hydrogens is 226 g/mol. The van der Waals surface area contributed by atoms with Gasteiger partial charge in [0.15, 0.2) is 5.78 Å². The maximum absolute atomic E-state index is 12.3. The van der Waals surface area contributed by atoms with Gasteiger partial charge in [-0.25, -0.2) is 0 Å². The van der Waals surface area contributed by atoms with E-state index in [1.807, 2.05) is 38.1 Å². The highest BCUT2D eigenvalue weighted by Gasteiger charge is 2.18. The molecule has 0 aliphatic rings. The molecule has 1 atom stereocenters. The van der Waals surface area contributed by atoms with E-state index in [9.17, 15) is 4.79 Å². The molecule has 3 heteroatoms. The highest BCUT2D eigenvalue weighted by Crippen LogP contribution is 2.23. The van der Waals surface area contributed by atoms with Crippen LogP contribution in [0.3, 0.4) is 0 Å². The fourth-order valence-corrected chi connectivity index (χ4v) is 1.83. The number of benzene rings is 1. The Labute approximate surface area is 109 Å². The Balaban J connectivity index is 2.77. The van der Waals surface area contributed by atoms with Gasteiger partial charge in [0, 0.05) is 5.92 Å². The number of rotatable bonds is 8. The maximum atomic E-state index is 12.3. The number of Topliss-reactive ketones (excluding diaryl/α,β-unsaturated/α-hetero) is 1. The lowest BCUT2D eigenvalue weighted by Gasteiger charge is -2.14. The van der Waals surface area contributed by atoms with Crippen molar-refractivity contribution in [2.75, 3.05) is 13.2 Å². The van der Waals surface area contributed by atoms with Crippen LogP contribution in [0.1, 0.15) is 43.5 Å². The molecule has 0 aliphatic heterocycles. The molecule has 0 spiro atoms. The molecule has 0 amide bonds. The summed E-state index contributed by atoms with van der Waals surface area (Å²) in [5.41, 5.74) is 6.17. The van der Waals surface area contributed by atoms with Crippen molar-refractivity contribution in [2.24, 2.45) is 11.7 Å². The minimum absolute atomic E-state index is 0.0000680. The zero-order chi connectivity index (χ0) is 13.4. The Morgan fingerprint density at radius 1 is 1.39 bits per heavy atom. The molecule has 0 aromatic heterocycles. The number of hydrogen-bond donors (Lipinski definition) is 1. The van der Waals surface area contributed by atoms with Gasteiger partial charge < -0.3 is 10.5 Å². The summed E-state index contributed by atoms with van der Waals surface area (Å²) in [7, 11) is 0. The minimum Gasteiger partial charge on any atom is -0.493 e. The average molecular weight is 249 g/mol. The topological polar surface area (TPSA) is 52.3 Å². The van der Waals surface area contributed by atoms with Crippen LogP contribution < -0.4 is 10.5 Å². The molecule has 18 heavy (non-hydrogen) atoms. The van der Waals surface area contributed by atoms with E-state index in [1.165, 1.54) is 0 Å². The van der Waals surface area contributed by atoms with Crippen LogP contribution in [-0.2, 0) is 0 Å². The first-order valence-corrected chi connectivity index (χ1v) is 6.66. The van der Waals surface area contributed by atoms with Gasteiger partial charge in [-0.2, -0.15) is 0 Å². The molecule has 2 N–H and O–H groups in total. The van der Waals surface area contributed by atoms with Gasteiger partial charge in [0.25, 0.3) is 0 Å². The van der Waals surface area contributed by atoms with E-state index in [-0.39, 0.29) is 11.7 Å². The third kappa shape index (κ3) is 4.15. The van der Waals surface area contributed by atoms with Crippen molar-refractivity contribution >= 4 is 5.78 Å². The normalized spacial score (nSPS) is 12.2. The first-order valence-electron chi connectivity index (χ1n) is 6.66. The number of ketones is 1. The van der Waals surface area contributed by atoms with Gasteiger partial charge in [-0.1, -0.05) is 26.0 Å². The second-order valence-electron chi connectivity index (χ2n) is 4.54. The van der Waals surface area contributed by atoms with Crippen LogP contribution in [0.5, 0.6) is 5.75 Å². The summed E-state index contributed by atoms with van der Waals surface area (Å²) in [6.45, 7) is 5.27. The molecule has 0 radical (unpaired) electrons. The van der Waals surface area contributed by atoms with Gasteiger partial charge in [-0.05, 0) is 37.9 Å². The standard InChI is InChI=1S/C15H23NO2/c1-3-11-18-14-9-5-4-8-13(14)15(17)12(2)7-6-10-16/h4-5,8-9,12H,3,6-7,10-11,16H2,1-2H3. The van der Waals surface area contributed by atoms with E-state index >= 15 is 0 Å². The van der Waals surface area contributed by atoms with Crippen LogP contribution in [0, 0.1) is 5.92 Å². The molecular formula is C15H23NO2. The van der Waals surface area contributed by atoms with E-state index in [4.69, 9.17) is 10.5 Å². The molecule has 1 aromatic carbocycles. The van der Waals surface area contributed by atoms with Gasteiger partial charge >= 0.3 is 0 Å². The van der Waals surface area contributed by atoms with Gasteiger partial charge in [-0.3, -0.25) is 4.79 Å². The second kappa shape index (κ2) is 7.88. The Morgan fingerprint density at radius 2 is 2.11 bits per heavy atom. The third-order valence-electron chi connectivity index (χ3n) is 2.90. The molecule has 0 bridgehead atoms. The van der Waals surface area contributed by atoms with E-state index in [0.717, 1.165) is 19.3 Å². The van der Waals surface area contributed by atoms with Gasteiger partial charge in [0.2, 0.25) is 0 Å². The molecule has 0 fully saturated rings. The summed E-state index contributed by atoms with van der Waals surface area (Å²) in [5.74, 6) is 0.846. The lowest BCUT2D eigenvalue weighted by molar-refractivity contribution is 0.0919. The van der Waals surface area contributed by atoms with E-state index in [0.29, 0.717) is 24.5 Å². The molecule has 0 aliphatic carbocycles. The van der Waals surface area contributed by atoms with Crippen molar-refractivity contribution in [1.82, 2.24) is 0 Å². The molecule has 1 unspecified atom stereocenters. The van der Waals surface area contributed by atoms with Crippen molar-refractivity contribution in [1.29, 1.82) is 0 Å². The number of ether oxygens (including phenoxy) is 1. The van der Waals surface area contributed by atoms with Crippen molar-refractivity contribution in [3.8, 4) is 5.75 Å². The van der Waals surface area contributed by atoms with Crippen LogP contribution >= 0.6 is 0 Å². The molecule has 100 valence electrons. The number of hydrogen-bond acceptors (Lipinski definition) is 3. The predicted octanol–water partition coefficient (Wildman–Crippen LogP) is 3.03. The molecule has 3 nitrogen and oxygen atoms in total. The number of para-hydroxylation sites is 1. The molecule has 0 heterocycles. The van der Waals surface area contributed by atoms with Crippen molar-refractivity contribution in [2.45, 2.75) is 33.1 Å². The SMILES string of the molecule is CCCOc1ccccc1C(=O)C(C)CCCN. The lowest BCUT2D eigenvalue weighted by atomic mass is 9.94. The van der Waals surface area contributed by atoms with E-state index in [1.54, 1.807) is 0 Å². The quantitative estimate of drug-likeness (QED) is 0.720. The van der Waals surface area contributed by atoms with Crippen LogP contribution in [0.2, 0.25) is 0 Å². The minimum atomic E-state index is -0.0000680.